The van der Waals surface area contributed by atoms with Gasteiger partial charge in [0.1, 0.15) is 11.4 Å². The summed E-state index contributed by atoms with van der Waals surface area (Å²) in [6.45, 7) is 1.91. The number of halogens is 1. The summed E-state index contributed by atoms with van der Waals surface area (Å²) in [5, 5.41) is 2.78. The van der Waals surface area contributed by atoms with Crippen molar-refractivity contribution in [3.8, 4) is 0 Å². The summed E-state index contributed by atoms with van der Waals surface area (Å²) in [7, 11) is 1.27. The molecule has 1 amide bonds. The molecule has 0 saturated carbocycles. The molecule has 21 heavy (non-hydrogen) atoms. The summed E-state index contributed by atoms with van der Waals surface area (Å²) in [4.78, 5) is 27.6. The highest BCUT2D eigenvalue weighted by atomic mass is 127. The normalized spacial score (nSPS) is 10.0. The molecule has 0 bridgehead atoms. The number of amides is 1. The molecule has 5 nitrogen and oxygen atoms in total. The number of carbonyl (C=O) groups is 2. The van der Waals surface area contributed by atoms with Gasteiger partial charge in [0.15, 0.2) is 0 Å². The van der Waals surface area contributed by atoms with Gasteiger partial charge in [0.25, 0.3) is 5.91 Å². The first-order valence-corrected chi connectivity index (χ1v) is 7.22. The first-order chi connectivity index (χ1) is 10.0. The number of benzene rings is 1. The van der Waals surface area contributed by atoms with E-state index in [0.717, 1.165) is 9.13 Å². The number of nitrogens with one attached hydrogen (secondary N) is 1. The molecular weight excluding hydrogens is 383 g/mol. The summed E-state index contributed by atoms with van der Waals surface area (Å²) in [5.74, 6) is -0.944. The van der Waals surface area contributed by atoms with Crippen LogP contribution in [0.4, 0.5) is 5.69 Å². The number of aromatic nitrogens is 1. The van der Waals surface area contributed by atoms with E-state index in [-0.39, 0.29) is 17.3 Å². The largest absolute Gasteiger partial charge is 0.464 e. The predicted molar refractivity (Wildman–Crippen MR) is 87.4 cm³/mol. The average Bonchev–Trinajstić information content (AvgIpc) is 2.49. The van der Waals surface area contributed by atoms with Crippen LogP contribution >= 0.6 is 22.6 Å². The highest BCUT2D eigenvalue weighted by Gasteiger charge is 2.13. The van der Waals surface area contributed by atoms with Crippen LogP contribution in [0.3, 0.4) is 0 Å². The summed E-state index contributed by atoms with van der Waals surface area (Å²) < 4.78 is 5.68. The van der Waals surface area contributed by atoms with Gasteiger partial charge in [-0.1, -0.05) is 6.07 Å². The summed E-state index contributed by atoms with van der Waals surface area (Å²) >= 11 is 2.21. The zero-order valence-electron chi connectivity index (χ0n) is 11.5. The second kappa shape index (κ2) is 6.66. The number of esters is 1. The highest BCUT2D eigenvalue weighted by molar-refractivity contribution is 14.1. The number of hydrogen-bond acceptors (Lipinski definition) is 4. The topological polar surface area (TPSA) is 68.3 Å². The van der Waals surface area contributed by atoms with Crippen LogP contribution in [0, 0.1) is 10.5 Å². The molecule has 1 heterocycles. The molecule has 2 rings (SSSR count). The predicted octanol–water partition coefficient (Wildman–Crippen LogP) is 3.03. The molecule has 0 aliphatic rings. The van der Waals surface area contributed by atoms with E-state index in [1.54, 1.807) is 12.1 Å². The lowest BCUT2D eigenvalue weighted by molar-refractivity contribution is 0.0594. The quantitative estimate of drug-likeness (QED) is 0.640. The van der Waals surface area contributed by atoms with E-state index in [9.17, 15) is 9.59 Å². The minimum atomic E-state index is -0.574. The Morgan fingerprint density at radius 3 is 2.57 bits per heavy atom. The third kappa shape index (κ3) is 3.78. The van der Waals surface area contributed by atoms with E-state index in [2.05, 4.69) is 37.6 Å². The first kappa shape index (κ1) is 15.4. The van der Waals surface area contributed by atoms with Gasteiger partial charge in [0, 0.05) is 9.26 Å². The lowest BCUT2D eigenvalue weighted by atomic mass is 10.2. The van der Waals surface area contributed by atoms with Crippen molar-refractivity contribution in [2.24, 2.45) is 0 Å². The third-order valence-electron chi connectivity index (χ3n) is 2.81. The van der Waals surface area contributed by atoms with Crippen molar-refractivity contribution in [1.29, 1.82) is 0 Å². The molecule has 0 spiro atoms. The van der Waals surface area contributed by atoms with Crippen LogP contribution in [0.15, 0.2) is 36.4 Å². The number of ether oxygens (including phenoxy) is 1. The minimum absolute atomic E-state index is 0.101. The molecule has 0 unspecified atom stereocenters. The Morgan fingerprint density at radius 2 is 1.90 bits per heavy atom. The van der Waals surface area contributed by atoms with Crippen LogP contribution in [0.25, 0.3) is 0 Å². The molecule has 0 radical (unpaired) electrons. The second-order valence-electron chi connectivity index (χ2n) is 4.31. The molecule has 1 N–H and O–H groups in total. The number of nitrogens with zero attached hydrogens (tertiary/aromatic N) is 1. The van der Waals surface area contributed by atoms with E-state index in [1.807, 2.05) is 25.1 Å². The molecule has 1 aromatic heterocycles. The Balaban J connectivity index is 2.22. The van der Waals surface area contributed by atoms with Crippen molar-refractivity contribution in [3.63, 3.8) is 0 Å². The Bertz CT molecular complexity index is 701. The molecule has 108 valence electrons. The smallest absolute Gasteiger partial charge is 0.356 e. The molecule has 0 aliphatic carbocycles. The van der Waals surface area contributed by atoms with E-state index in [1.165, 1.54) is 13.2 Å². The van der Waals surface area contributed by atoms with Crippen LogP contribution in [-0.2, 0) is 4.74 Å². The van der Waals surface area contributed by atoms with E-state index >= 15 is 0 Å². The zero-order valence-corrected chi connectivity index (χ0v) is 13.7. The SMILES string of the molecule is COC(=O)c1cccc(C(=O)Nc2ccc(I)cc2C)n1. The third-order valence-corrected chi connectivity index (χ3v) is 3.48. The molecule has 6 heteroatoms. The monoisotopic (exact) mass is 396 g/mol. The second-order valence-corrected chi connectivity index (χ2v) is 5.56. The van der Waals surface area contributed by atoms with Crippen molar-refractivity contribution in [2.75, 3.05) is 12.4 Å². The number of hydrogen-bond donors (Lipinski definition) is 1. The van der Waals surface area contributed by atoms with Gasteiger partial charge in [-0.25, -0.2) is 9.78 Å². The van der Waals surface area contributed by atoms with Gasteiger partial charge in [-0.05, 0) is 65.4 Å². The fourth-order valence-corrected chi connectivity index (χ4v) is 2.38. The Morgan fingerprint density at radius 1 is 1.19 bits per heavy atom. The Labute approximate surface area is 135 Å². The van der Waals surface area contributed by atoms with Crippen molar-refractivity contribution in [3.05, 3.63) is 56.9 Å². The summed E-state index contributed by atoms with van der Waals surface area (Å²) in [5.41, 5.74) is 1.94. The van der Waals surface area contributed by atoms with Crippen LogP contribution in [0.2, 0.25) is 0 Å². The van der Waals surface area contributed by atoms with Crippen LogP contribution in [-0.4, -0.2) is 24.0 Å². The number of rotatable bonds is 3. The molecule has 0 fully saturated rings. The van der Waals surface area contributed by atoms with Crippen molar-refractivity contribution < 1.29 is 14.3 Å². The summed E-state index contributed by atoms with van der Waals surface area (Å²) in [6.07, 6.45) is 0. The number of aryl methyl sites for hydroxylation is 1. The Hall–Kier alpha value is -1.96. The number of methoxy groups -OCH3 is 1. The fourth-order valence-electron chi connectivity index (χ4n) is 1.73. The lowest BCUT2D eigenvalue weighted by Gasteiger charge is -2.09. The van der Waals surface area contributed by atoms with Gasteiger partial charge in [0.05, 0.1) is 7.11 Å². The van der Waals surface area contributed by atoms with E-state index in [4.69, 9.17) is 0 Å². The highest BCUT2D eigenvalue weighted by Crippen LogP contribution is 2.18. The maximum Gasteiger partial charge on any atom is 0.356 e. The molecule has 0 atom stereocenters. The number of pyridine rings is 1. The molecule has 2 aromatic rings. The van der Waals surface area contributed by atoms with Crippen LogP contribution in [0.5, 0.6) is 0 Å². The maximum absolute atomic E-state index is 12.2. The lowest BCUT2D eigenvalue weighted by Crippen LogP contribution is -2.16. The zero-order chi connectivity index (χ0) is 15.4. The van der Waals surface area contributed by atoms with Gasteiger partial charge in [-0.15, -0.1) is 0 Å². The Kier molecular flexibility index (Phi) is 4.89. The van der Waals surface area contributed by atoms with E-state index in [0.29, 0.717) is 5.69 Å². The van der Waals surface area contributed by atoms with Crippen LogP contribution in [0.1, 0.15) is 26.5 Å². The van der Waals surface area contributed by atoms with Crippen molar-refractivity contribution >= 4 is 40.2 Å². The fraction of sp³-hybridized carbons (Fsp3) is 0.133. The average molecular weight is 396 g/mol. The molecule has 0 aliphatic heterocycles. The standard InChI is InChI=1S/C15H13IN2O3/c1-9-8-10(16)6-7-11(9)18-14(19)12-4-3-5-13(17-12)15(20)21-2/h3-8H,1-2H3,(H,18,19). The molecule has 1 aromatic carbocycles. The molecule has 0 saturated heterocycles. The van der Waals surface area contributed by atoms with Crippen molar-refractivity contribution in [2.45, 2.75) is 6.92 Å². The first-order valence-electron chi connectivity index (χ1n) is 6.14. The molecular formula is C15H13IN2O3. The van der Waals surface area contributed by atoms with Gasteiger partial charge in [0.2, 0.25) is 0 Å². The van der Waals surface area contributed by atoms with Gasteiger partial charge in [-0.3, -0.25) is 4.79 Å². The van der Waals surface area contributed by atoms with Gasteiger partial charge >= 0.3 is 5.97 Å². The number of anilines is 1. The van der Waals surface area contributed by atoms with Gasteiger partial charge in [-0.2, -0.15) is 0 Å². The number of carbonyl (C=O) groups excluding carboxylic acids is 2. The van der Waals surface area contributed by atoms with Crippen molar-refractivity contribution in [1.82, 2.24) is 4.98 Å². The maximum atomic E-state index is 12.2. The minimum Gasteiger partial charge on any atom is -0.464 e. The van der Waals surface area contributed by atoms with E-state index < -0.39 is 5.97 Å². The van der Waals surface area contributed by atoms with Gasteiger partial charge < -0.3 is 10.1 Å². The summed E-state index contributed by atoms with van der Waals surface area (Å²) in [6, 6.07) is 10.3. The van der Waals surface area contributed by atoms with Crippen LogP contribution < -0.4 is 5.32 Å².